The zero-order valence-corrected chi connectivity index (χ0v) is 14.1. The lowest BCUT2D eigenvalue weighted by Crippen LogP contribution is -2.41. The molecule has 0 amide bonds. The van der Waals surface area contributed by atoms with Crippen molar-refractivity contribution in [3.63, 3.8) is 0 Å². The van der Waals surface area contributed by atoms with E-state index < -0.39 is 8.32 Å². The third-order valence-corrected chi connectivity index (χ3v) is 8.48. The van der Waals surface area contributed by atoms with Crippen molar-refractivity contribution in [2.75, 3.05) is 18.5 Å². The second-order valence-corrected chi connectivity index (χ2v) is 11.4. The molecule has 0 aliphatic rings. The highest BCUT2D eigenvalue weighted by molar-refractivity contribution is 6.74. The van der Waals surface area contributed by atoms with E-state index in [4.69, 9.17) is 4.43 Å². The van der Waals surface area contributed by atoms with Crippen molar-refractivity contribution in [3.05, 3.63) is 30.3 Å². The summed E-state index contributed by atoms with van der Waals surface area (Å²) < 4.78 is 6.16. The second-order valence-electron chi connectivity index (χ2n) is 6.61. The Balaban J connectivity index is 2.12. The fourth-order valence-electron chi connectivity index (χ4n) is 1.56. The van der Waals surface area contributed by atoms with Crippen LogP contribution in [-0.4, -0.2) is 21.5 Å². The van der Waals surface area contributed by atoms with Crippen molar-refractivity contribution in [2.45, 2.75) is 51.7 Å². The van der Waals surface area contributed by atoms with Crippen LogP contribution in [0.4, 0.5) is 5.69 Å². The number of hydrogen-bond acceptors (Lipinski definition) is 2. The monoisotopic (exact) mass is 279 g/mol. The van der Waals surface area contributed by atoms with E-state index in [1.54, 1.807) is 0 Å². The van der Waals surface area contributed by atoms with Crippen LogP contribution in [0.15, 0.2) is 30.3 Å². The first-order chi connectivity index (χ1) is 8.83. The van der Waals surface area contributed by atoms with E-state index in [1.807, 2.05) is 6.07 Å². The highest BCUT2D eigenvalue weighted by Gasteiger charge is 2.36. The maximum absolute atomic E-state index is 6.16. The minimum Gasteiger partial charge on any atom is -0.417 e. The molecule has 19 heavy (non-hydrogen) atoms. The van der Waals surface area contributed by atoms with Gasteiger partial charge in [-0.15, -0.1) is 0 Å². The van der Waals surface area contributed by atoms with Crippen LogP contribution in [0.3, 0.4) is 0 Å². The maximum Gasteiger partial charge on any atom is 0.191 e. The first-order valence-electron chi connectivity index (χ1n) is 7.26. The molecule has 0 saturated heterocycles. The molecule has 0 spiro atoms. The third kappa shape index (κ3) is 5.79. The average Bonchev–Trinajstić information content (AvgIpc) is 2.33. The van der Waals surface area contributed by atoms with Gasteiger partial charge in [0.05, 0.1) is 0 Å². The first-order valence-corrected chi connectivity index (χ1v) is 10.2. The van der Waals surface area contributed by atoms with E-state index in [2.05, 4.69) is 63.4 Å². The lowest BCUT2D eigenvalue weighted by atomic mass is 10.2. The number of benzene rings is 1. The molecule has 0 heterocycles. The molecule has 108 valence electrons. The molecule has 0 aliphatic heterocycles. The summed E-state index contributed by atoms with van der Waals surface area (Å²) in [6, 6.07) is 10.4. The van der Waals surface area contributed by atoms with Gasteiger partial charge in [0.2, 0.25) is 0 Å². The Bertz CT molecular complexity index is 357. The van der Waals surface area contributed by atoms with Crippen LogP contribution in [0.5, 0.6) is 0 Å². The van der Waals surface area contributed by atoms with Crippen LogP contribution in [-0.2, 0) is 4.43 Å². The average molecular weight is 279 g/mol. The first kappa shape index (κ1) is 16.3. The minimum absolute atomic E-state index is 0.315. The largest absolute Gasteiger partial charge is 0.417 e. The molecule has 0 aliphatic carbocycles. The molecule has 0 atom stereocenters. The zero-order chi connectivity index (χ0) is 14.4. The number of nitrogens with one attached hydrogen (secondary N) is 1. The van der Waals surface area contributed by atoms with Gasteiger partial charge in [0.25, 0.3) is 0 Å². The van der Waals surface area contributed by atoms with Gasteiger partial charge in [-0.1, -0.05) is 39.0 Å². The van der Waals surface area contributed by atoms with E-state index in [9.17, 15) is 0 Å². The predicted molar refractivity (Wildman–Crippen MR) is 87.3 cm³/mol. The molecular formula is C16H29NOSi. The Morgan fingerprint density at radius 1 is 1.05 bits per heavy atom. The van der Waals surface area contributed by atoms with Crippen molar-refractivity contribution >= 4 is 14.0 Å². The summed E-state index contributed by atoms with van der Waals surface area (Å²) in [5.41, 5.74) is 1.20. The second kappa shape index (κ2) is 7.11. The molecule has 0 radical (unpaired) electrons. The van der Waals surface area contributed by atoms with E-state index in [-0.39, 0.29) is 0 Å². The fourth-order valence-corrected chi connectivity index (χ4v) is 2.65. The highest BCUT2D eigenvalue weighted by Crippen LogP contribution is 2.36. The van der Waals surface area contributed by atoms with Crippen molar-refractivity contribution in [1.29, 1.82) is 0 Å². The topological polar surface area (TPSA) is 21.3 Å². The summed E-state index contributed by atoms with van der Waals surface area (Å²) in [6.07, 6.45) is 2.29. The van der Waals surface area contributed by atoms with Gasteiger partial charge >= 0.3 is 0 Å². The molecule has 0 saturated carbocycles. The third-order valence-electron chi connectivity index (χ3n) is 3.94. The lowest BCUT2D eigenvalue weighted by molar-refractivity contribution is 0.280. The highest BCUT2D eigenvalue weighted by atomic mass is 28.4. The quantitative estimate of drug-likeness (QED) is 0.566. The maximum atomic E-state index is 6.16. The molecule has 0 unspecified atom stereocenters. The minimum atomic E-state index is -1.55. The van der Waals surface area contributed by atoms with Crippen LogP contribution in [0.2, 0.25) is 18.1 Å². The number of anilines is 1. The molecule has 1 aromatic rings. The van der Waals surface area contributed by atoms with Gasteiger partial charge in [-0.05, 0) is 43.1 Å². The SMILES string of the molecule is CC(C)(C)[Si](C)(C)OCCCCNc1ccccc1. The van der Waals surface area contributed by atoms with Gasteiger partial charge < -0.3 is 9.74 Å². The molecule has 2 nitrogen and oxygen atoms in total. The van der Waals surface area contributed by atoms with Gasteiger partial charge in [0.15, 0.2) is 8.32 Å². The van der Waals surface area contributed by atoms with Crippen LogP contribution in [0, 0.1) is 0 Å². The molecule has 0 fully saturated rings. The van der Waals surface area contributed by atoms with Crippen molar-refractivity contribution in [1.82, 2.24) is 0 Å². The van der Waals surface area contributed by atoms with Crippen molar-refractivity contribution in [3.8, 4) is 0 Å². The van der Waals surface area contributed by atoms with Gasteiger partial charge in [0, 0.05) is 18.8 Å². The van der Waals surface area contributed by atoms with Crippen LogP contribution in [0.25, 0.3) is 0 Å². The Kier molecular flexibility index (Phi) is 6.08. The number of unbranched alkanes of at least 4 members (excludes halogenated alkanes) is 1. The van der Waals surface area contributed by atoms with E-state index in [1.165, 1.54) is 5.69 Å². The van der Waals surface area contributed by atoms with Crippen LogP contribution < -0.4 is 5.32 Å². The standard InChI is InChI=1S/C16H29NOSi/c1-16(2,3)19(4,5)18-14-10-9-13-17-15-11-7-6-8-12-15/h6-8,11-12,17H,9-10,13-14H2,1-5H3. The summed E-state index contributed by atoms with van der Waals surface area (Å²) in [7, 11) is -1.55. The molecule has 1 aromatic carbocycles. The summed E-state index contributed by atoms with van der Waals surface area (Å²) in [5.74, 6) is 0. The van der Waals surface area contributed by atoms with E-state index >= 15 is 0 Å². The molecule has 0 bridgehead atoms. The summed E-state index contributed by atoms with van der Waals surface area (Å²) in [5, 5.41) is 3.74. The van der Waals surface area contributed by atoms with Gasteiger partial charge in [-0.3, -0.25) is 0 Å². The van der Waals surface area contributed by atoms with Gasteiger partial charge in [-0.2, -0.15) is 0 Å². The van der Waals surface area contributed by atoms with Gasteiger partial charge in [-0.25, -0.2) is 0 Å². The summed E-state index contributed by atoms with van der Waals surface area (Å²) in [4.78, 5) is 0. The normalized spacial score (nSPS) is 12.5. The smallest absolute Gasteiger partial charge is 0.191 e. The Labute approximate surface area is 119 Å². The number of hydrogen-bond donors (Lipinski definition) is 1. The molecular weight excluding hydrogens is 250 g/mol. The molecule has 1 N–H and O–H groups in total. The van der Waals surface area contributed by atoms with Crippen LogP contribution >= 0.6 is 0 Å². The lowest BCUT2D eigenvalue weighted by Gasteiger charge is -2.36. The Morgan fingerprint density at radius 3 is 2.26 bits per heavy atom. The number of para-hydroxylation sites is 1. The predicted octanol–water partition coefficient (Wildman–Crippen LogP) is 4.90. The Hall–Kier alpha value is -0.803. The van der Waals surface area contributed by atoms with E-state index in [0.717, 1.165) is 26.0 Å². The number of rotatable bonds is 7. The summed E-state index contributed by atoms with van der Waals surface area (Å²) >= 11 is 0. The molecule has 0 aromatic heterocycles. The summed E-state index contributed by atoms with van der Waals surface area (Å²) in [6.45, 7) is 13.4. The van der Waals surface area contributed by atoms with E-state index in [0.29, 0.717) is 5.04 Å². The van der Waals surface area contributed by atoms with Crippen molar-refractivity contribution < 1.29 is 4.43 Å². The Morgan fingerprint density at radius 2 is 1.68 bits per heavy atom. The van der Waals surface area contributed by atoms with Crippen LogP contribution in [0.1, 0.15) is 33.6 Å². The molecule has 1 rings (SSSR count). The zero-order valence-electron chi connectivity index (χ0n) is 13.1. The fraction of sp³-hybridized carbons (Fsp3) is 0.625. The van der Waals surface area contributed by atoms with Gasteiger partial charge in [0.1, 0.15) is 0 Å². The molecule has 3 heteroatoms. The van der Waals surface area contributed by atoms with Crippen molar-refractivity contribution in [2.24, 2.45) is 0 Å².